The average molecular weight is 351 g/mol. The molecular weight excluding hydrogens is 334 g/mol. The van der Waals surface area contributed by atoms with Gasteiger partial charge in [0.1, 0.15) is 17.6 Å². The predicted molar refractivity (Wildman–Crippen MR) is 91.1 cm³/mol. The Labute approximate surface area is 149 Å². The molecule has 2 aliphatic rings. The van der Waals surface area contributed by atoms with Gasteiger partial charge in [-0.15, -0.1) is 0 Å². The maximum atomic E-state index is 12.6. The van der Waals surface area contributed by atoms with Crippen molar-refractivity contribution in [2.24, 2.45) is 0 Å². The number of furan rings is 1. The molecule has 0 unspecified atom stereocenters. The van der Waals surface area contributed by atoms with Crippen LogP contribution in [0.5, 0.6) is 0 Å². The molecule has 0 bridgehead atoms. The Morgan fingerprint density at radius 3 is 2.58 bits per heavy atom. The third-order valence-corrected chi connectivity index (χ3v) is 4.70. The van der Waals surface area contributed by atoms with Crippen molar-refractivity contribution in [3.05, 3.63) is 71.4 Å². The monoisotopic (exact) mass is 351 g/mol. The van der Waals surface area contributed by atoms with Crippen LogP contribution < -0.4 is 5.32 Å². The number of hydrogen-bond acceptors (Lipinski definition) is 5. The molecule has 2 atom stereocenters. The number of carbonyl (C=O) groups excluding carboxylic acids is 3. The van der Waals surface area contributed by atoms with Crippen LogP contribution in [0.4, 0.5) is 0 Å². The van der Waals surface area contributed by atoms with Crippen LogP contribution in [-0.4, -0.2) is 23.7 Å². The van der Waals surface area contributed by atoms with Crippen molar-refractivity contribution in [2.45, 2.75) is 31.2 Å². The molecule has 4 rings (SSSR count). The second kappa shape index (κ2) is 6.63. The predicted octanol–water partition coefficient (Wildman–Crippen LogP) is 2.73. The van der Waals surface area contributed by atoms with Crippen molar-refractivity contribution < 1.29 is 23.5 Å². The number of ketones is 1. The highest BCUT2D eigenvalue weighted by atomic mass is 16.5. The highest BCUT2D eigenvalue weighted by molar-refractivity contribution is 6.03. The van der Waals surface area contributed by atoms with Gasteiger partial charge in [-0.25, -0.2) is 4.79 Å². The third kappa shape index (κ3) is 2.83. The highest BCUT2D eigenvalue weighted by Gasteiger charge is 2.46. The number of Topliss-reactive ketones (excluding diaryl/α,β-unsaturated/α-hetero) is 1. The molecule has 1 aromatic carbocycles. The fraction of sp³-hybridized carbons (Fsp3) is 0.250. The highest BCUT2D eigenvalue weighted by Crippen LogP contribution is 2.40. The van der Waals surface area contributed by atoms with E-state index in [-0.39, 0.29) is 5.78 Å². The molecular formula is C20H17NO5. The fourth-order valence-electron chi connectivity index (χ4n) is 3.51. The van der Waals surface area contributed by atoms with Crippen molar-refractivity contribution in [3.63, 3.8) is 0 Å². The molecule has 2 aromatic rings. The number of esters is 1. The maximum Gasteiger partial charge on any atom is 0.334 e. The molecule has 2 heterocycles. The summed E-state index contributed by atoms with van der Waals surface area (Å²) in [7, 11) is 0. The molecule has 1 aliphatic heterocycles. The van der Waals surface area contributed by atoms with E-state index in [1.54, 1.807) is 42.5 Å². The lowest BCUT2D eigenvalue weighted by molar-refractivity contribution is -0.144. The second-order valence-corrected chi connectivity index (χ2v) is 6.34. The molecule has 1 N–H and O–H groups in total. The summed E-state index contributed by atoms with van der Waals surface area (Å²) < 4.78 is 10.9. The van der Waals surface area contributed by atoms with Gasteiger partial charge in [-0.05, 0) is 30.7 Å². The molecule has 6 heteroatoms. The molecule has 26 heavy (non-hydrogen) atoms. The van der Waals surface area contributed by atoms with Crippen LogP contribution in [0.25, 0.3) is 0 Å². The number of amides is 1. The molecule has 1 amide bonds. The standard InChI is InChI=1S/C20H17NO5/c22-13-8-4-9-15-16(13)17(14-10-5-11-25-14)18(20(24)26-15)21-19(23)12-6-2-1-3-7-12/h1-3,5-7,10-11,17-18H,4,8-9H2,(H,21,23)/t17-,18-/m1/s1. The summed E-state index contributed by atoms with van der Waals surface area (Å²) in [6.07, 6.45) is 3.06. The zero-order chi connectivity index (χ0) is 18.1. The van der Waals surface area contributed by atoms with Gasteiger partial charge in [0.05, 0.1) is 12.2 Å². The Kier molecular flexibility index (Phi) is 4.16. The molecule has 0 radical (unpaired) electrons. The largest absolute Gasteiger partial charge is 0.469 e. The molecule has 132 valence electrons. The minimum Gasteiger partial charge on any atom is -0.469 e. The lowest BCUT2D eigenvalue weighted by Gasteiger charge is -2.34. The number of allylic oxidation sites excluding steroid dienone is 1. The maximum absolute atomic E-state index is 12.6. The van der Waals surface area contributed by atoms with E-state index in [0.717, 1.165) is 0 Å². The number of nitrogens with one attached hydrogen (secondary N) is 1. The second-order valence-electron chi connectivity index (χ2n) is 6.34. The van der Waals surface area contributed by atoms with Gasteiger partial charge in [0, 0.05) is 24.0 Å². The lowest BCUT2D eigenvalue weighted by Crippen LogP contribution is -2.50. The van der Waals surface area contributed by atoms with Crippen LogP contribution in [0, 0.1) is 0 Å². The topological polar surface area (TPSA) is 85.6 Å². The van der Waals surface area contributed by atoms with Gasteiger partial charge in [-0.3, -0.25) is 9.59 Å². The summed E-state index contributed by atoms with van der Waals surface area (Å²) in [5, 5.41) is 2.72. The Hall–Kier alpha value is -3.15. The van der Waals surface area contributed by atoms with Crippen LogP contribution in [0.15, 0.2) is 64.5 Å². The smallest absolute Gasteiger partial charge is 0.334 e. The van der Waals surface area contributed by atoms with Gasteiger partial charge >= 0.3 is 5.97 Å². The van der Waals surface area contributed by atoms with Gasteiger partial charge < -0.3 is 14.5 Å². The van der Waals surface area contributed by atoms with E-state index in [2.05, 4.69) is 5.32 Å². The quantitative estimate of drug-likeness (QED) is 0.860. The van der Waals surface area contributed by atoms with E-state index in [1.165, 1.54) is 6.26 Å². The van der Waals surface area contributed by atoms with E-state index in [9.17, 15) is 14.4 Å². The summed E-state index contributed by atoms with van der Waals surface area (Å²) >= 11 is 0. The Morgan fingerprint density at radius 2 is 1.85 bits per heavy atom. The first kappa shape index (κ1) is 16.3. The van der Waals surface area contributed by atoms with E-state index < -0.39 is 23.8 Å². The molecule has 0 fully saturated rings. The zero-order valence-corrected chi connectivity index (χ0v) is 13.9. The van der Waals surface area contributed by atoms with E-state index in [0.29, 0.717) is 41.9 Å². The minimum atomic E-state index is -1.02. The van der Waals surface area contributed by atoms with Gasteiger partial charge in [-0.2, -0.15) is 0 Å². The van der Waals surface area contributed by atoms with Gasteiger partial charge in [0.15, 0.2) is 5.78 Å². The SMILES string of the molecule is O=C1CCCC2=C1[C@@H](c1ccco1)[C@@H](NC(=O)c1ccccc1)C(=O)O2. The number of ether oxygens (including phenoxy) is 1. The van der Waals surface area contributed by atoms with Gasteiger partial charge in [0.2, 0.25) is 0 Å². The van der Waals surface area contributed by atoms with Crippen LogP contribution in [0.3, 0.4) is 0 Å². The number of rotatable bonds is 3. The van der Waals surface area contributed by atoms with Gasteiger partial charge in [0.25, 0.3) is 5.91 Å². The van der Waals surface area contributed by atoms with Crippen molar-refractivity contribution in [1.29, 1.82) is 0 Å². The zero-order valence-electron chi connectivity index (χ0n) is 13.9. The van der Waals surface area contributed by atoms with Crippen LogP contribution >= 0.6 is 0 Å². The summed E-state index contributed by atoms with van der Waals surface area (Å²) in [5.41, 5.74) is 0.859. The lowest BCUT2D eigenvalue weighted by atomic mass is 9.79. The molecule has 6 nitrogen and oxygen atoms in total. The number of carbonyl (C=O) groups is 3. The van der Waals surface area contributed by atoms with Crippen LogP contribution in [0.2, 0.25) is 0 Å². The molecule has 0 saturated carbocycles. The van der Waals surface area contributed by atoms with E-state index in [1.807, 2.05) is 0 Å². The molecule has 1 aliphatic carbocycles. The van der Waals surface area contributed by atoms with Crippen molar-refractivity contribution in [3.8, 4) is 0 Å². The molecule has 0 saturated heterocycles. The normalized spacial score (nSPS) is 22.6. The summed E-state index contributed by atoms with van der Waals surface area (Å²) in [6.45, 7) is 0. The summed E-state index contributed by atoms with van der Waals surface area (Å²) in [5.74, 6) is -0.873. The van der Waals surface area contributed by atoms with Crippen molar-refractivity contribution >= 4 is 17.7 Å². The Bertz CT molecular complexity index is 882. The summed E-state index contributed by atoms with van der Waals surface area (Å²) in [6, 6.07) is 11.0. The summed E-state index contributed by atoms with van der Waals surface area (Å²) in [4.78, 5) is 37.7. The van der Waals surface area contributed by atoms with Crippen molar-refractivity contribution in [1.82, 2.24) is 5.32 Å². The first-order chi connectivity index (χ1) is 12.6. The van der Waals surface area contributed by atoms with Crippen LogP contribution in [0.1, 0.15) is 41.3 Å². The Balaban J connectivity index is 1.73. The molecule has 0 spiro atoms. The third-order valence-electron chi connectivity index (χ3n) is 4.70. The van der Waals surface area contributed by atoms with E-state index >= 15 is 0 Å². The Morgan fingerprint density at radius 1 is 1.04 bits per heavy atom. The van der Waals surface area contributed by atoms with E-state index in [4.69, 9.17) is 9.15 Å². The first-order valence-electron chi connectivity index (χ1n) is 8.52. The van der Waals surface area contributed by atoms with Gasteiger partial charge in [-0.1, -0.05) is 18.2 Å². The number of hydrogen-bond donors (Lipinski definition) is 1. The van der Waals surface area contributed by atoms with Crippen LogP contribution in [-0.2, 0) is 14.3 Å². The first-order valence-corrected chi connectivity index (χ1v) is 8.52. The van der Waals surface area contributed by atoms with Crippen molar-refractivity contribution in [2.75, 3.05) is 0 Å². The fourth-order valence-corrected chi connectivity index (χ4v) is 3.51. The number of benzene rings is 1. The minimum absolute atomic E-state index is 0.0703. The average Bonchev–Trinajstić information content (AvgIpc) is 3.18. The molecule has 1 aromatic heterocycles.